The number of aromatic nitrogens is 2. The summed E-state index contributed by atoms with van der Waals surface area (Å²) < 4.78 is 27.3. The average molecular weight is 908 g/mol. The largest absolute Gasteiger partial charge is 0.366 e. The number of likely N-dealkylation sites (tertiary alicyclic amines) is 1. The smallest absolute Gasteiger partial charge is 0.274 e. The lowest BCUT2D eigenvalue weighted by Gasteiger charge is -2.32. The van der Waals surface area contributed by atoms with Crippen molar-refractivity contribution in [3.05, 3.63) is 86.0 Å². The molecule has 5 aliphatic rings. The van der Waals surface area contributed by atoms with E-state index in [0.29, 0.717) is 84.1 Å². The minimum Gasteiger partial charge on any atom is -0.366 e. The van der Waals surface area contributed by atoms with Crippen LogP contribution in [-0.4, -0.2) is 115 Å². The molecule has 9 rings (SSSR count). The second-order valence-corrected chi connectivity index (χ2v) is 20.7. The van der Waals surface area contributed by atoms with Crippen LogP contribution in [0.3, 0.4) is 0 Å². The van der Waals surface area contributed by atoms with E-state index in [0.717, 1.165) is 74.8 Å². The SMILES string of the molecule is Cn1cc2c3c(c(C(=O)NCCN)[nH]c3c1=O)CN(CC1CC1)c1cc(C(=O)NCCCN3CCC(Cc4cccc5c4CN(C4CCC(=O)NC4=O)C5=O)CC3)c(CS(C)(=O)=O)cc1-2. The van der Waals surface area contributed by atoms with Gasteiger partial charge in [0.2, 0.25) is 11.8 Å². The Morgan fingerprint density at radius 3 is 2.37 bits per heavy atom. The van der Waals surface area contributed by atoms with E-state index in [2.05, 4.69) is 36.8 Å². The van der Waals surface area contributed by atoms with Crippen molar-refractivity contribution >= 4 is 56.0 Å². The zero-order valence-electron chi connectivity index (χ0n) is 37.0. The third-order valence-electron chi connectivity index (χ3n) is 13.8. The molecule has 0 radical (unpaired) electrons. The van der Waals surface area contributed by atoms with Crippen LogP contribution in [0.4, 0.5) is 5.69 Å². The third kappa shape index (κ3) is 9.07. The summed E-state index contributed by atoms with van der Waals surface area (Å²) >= 11 is 0. The number of piperidine rings is 2. The topological polar surface area (TPSA) is 229 Å². The van der Waals surface area contributed by atoms with E-state index in [4.69, 9.17) is 5.73 Å². The van der Waals surface area contributed by atoms with Gasteiger partial charge in [-0.05, 0) is 111 Å². The molecule has 18 heteroatoms. The molecule has 0 bridgehead atoms. The van der Waals surface area contributed by atoms with Crippen molar-refractivity contribution in [2.24, 2.45) is 24.6 Å². The number of hydrogen-bond donors (Lipinski definition) is 5. The number of benzene rings is 2. The minimum atomic E-state index is -3.58. The maximum Gasteiger partial charge on any atom is 0.274 e. The standard InChI is InChI=1S/C47H57N9O8S/c1-53-23-35-33-20-30(26-65(2,63)64)32(21-38(33)55(22-28-7-8-28)24-36-40(35)42(47(53)62)52-41(36)45(60)50-15-13-48)43(58)49-14-4-16-54-17-11-27(12-18-54)19-29-5-3-6-31-34(29)25-56(46(31)61)37-9-10-39(57)51-44(37)59/h3,5-6,20-21,23,27-28,37,52H,4,7-19,22,24-26,48H2,1-2H3,(H,49,58)(H,50,60)(H,51,57,59). The lowest BCUT2D eigenvalue weighted by molar-refractivity contribution is -0.136. The molecule has 344 valence electrons. The maximum atomic E-state index is 14.2. The van der Waals surface area contributed by atoms with Crippen LogP contribution in [0.2, 0.25) is 0 Å². The Labute approximate surface area is 377 Å². The van der Waals surface area contributed by atoms with E-state index in [1.54, 1.807) is 30.3 Å². The van der Waals surface area contributed by atoms with Crippen LogP contribution in [0.1, 0.15) is 98.4 Å². The van der Waals surface area contributed by atoms with E-state index in [9.17, 15) is 37.2 Å². The number of nitrogens with one attached hydrogen (secondary N) is 4. The highest BCUT2D eigenvalue weighted by Gasteiger charge is 2.40. The molecule has 4 aliphatic heterocycles. The molecule has 1 atom stereocenters. The summed E-state index contributed by atoms with van der Waals surface area (Å²) in [6.45, 7) is 4.80. The van der Waals surface area contributed by atoms with E-state index in [1.807, 2.05) is 12.1 Å². The summed E-state index contributed by atoms with van der Waals surface area (Å²) in [7, 11) is -1.94. The zero-order chi connectivity index (χ0) is 45.7. The summed E-state index contributed by atoms with van der Waals surface area (Å²) in [6.07, 6.45) is 9.01. The maximum absolute atomic E-state index is 14.2. The molecular weight excluding hydrogens is 851 g/mol. The number of carbonyl (C=O) groups is 5. The van der Waals surface area contributed by atoms with Gasteiger partial charge < -0.3 is 40.6 Å². The fraction of sp³-hybridized carbons (Fsp3) is 0.489. The monoisotopic (exact) mass is 907 g/mol. The quantitative estimate of drug-likeness (QED) is 0.0859. The number of rotatable bonds is 15. The zero-order valence-corrected chi connectivity index (χ0v) is 37.8. The van der Waals surface area contributed by atoms with Crippen LogP contribution < -0.4 is 32.1 Å². The molecule has 0 spiro atoms. The second-order valence-electron chi connectivity index (χ2n) is 18.6. The van der Waals surface area contributed by atoms with Gasteiger partial charge in [0.25, 0.3) is 23.3 Å². The molecule has 6 heterocycles. The Morgan fingerprint density at radius 1 is 0.877 bits per heavy atom. The number of fused-ring (bicyclic) bond motifs is 3. The predicted octanol–water partition coefficient (Wildman–Crippen LogP) is 2.33. The highest BCUT2D eigenvalue weighted by molar-refractivity contribution is 7.89. The number of amides is 5. The highest BCUT2D eigenvalue weighted by atomic mass is 32.2. The molecule has 2 aromatic carbocycles. The Bertz CT molecular complexity index is 2790. The first-order chi connectivity index (χ1) is 31.2. The Kier molecular flexibility index (Phi) is 12.2. The number of carbonyl (C=O) groups excluding carboxylic acids is 5. The number of H-pyrrole nitrogens is 1. The van der Waals surface area contributed by atoms with Gasteiger partial charge in [-0.2, -0.15) is 0 Å². The molecular formula is C47H57N9O8S. The van der Waals surface area contributed by atoms with Crippen molar-refractivity contribution in [1.82, 2.24) is 35.3 Å². The van der Waals surface area contributed by atoms with Gasteiger partial charge in [0.1, 0.15) is 17.3 Å². The number of nitrogens with zero attached hydrogens (tertiary/aromatic N) is 4. The van der Waals surface area contributed by atoms with Crippen molar-refractivity contribution in [1.29, 1.82) is 0 Å². The number of aryl methyl sites for hydroxylation is 1. The molecule has 3 fully saturated rings. The van der Waals surface area contributed by atoms with Gasteiger partial charge in [0.05, 0.1) is 5.75 Å². The van der Waals surface area contributed by atoms with Crippen LogP contribution in [0.25, 0.3) is 22.0 Å². The highest BCUT2D eigenvalue weighted by Crippen LogP contribution is 2.45. The molecule has 4 aromatic rings. The van der Waals surface area contributed by atoms with Crippen molar-refractivity contribution in [3.8, 4) is 11.1 Å². The van der Waals surface area contributed by atoms with Gasteiger partial charge in [-0.3, -0.25) is 34.1 Å². The second kappa shape index (κ2) is 17.9. The first-order valence-electron chi connectivity index (χ1n) is 22.8. The molecule has 1 unspecified atom stereocenters. The van der Waals surface area contributed by atoms with E-state index < -0.39 is 21.8 Å². The fourth-order valence-corrected chi connectivity index (χ4v) is 11.1. The predicted molar refractivity (Wildman–Crippen MR) is 245 cm³/mol. The Hall–Kier alpha value is -5.85. The van der Waals surface area contributed by atoms with E-state index >= 15 is 0 Å². The van der Waals surface area contributed by atoms with Crippen molar-refractivity contribution in [2.75, 3.05) is 57.0 Å². The van der Waals surface area contributed by atoms with Crippen LogP contribution in [0, 0.1) is 11.8 Å². The van der Waals surface area contributed by atoms with Gasteiger partial charge in [-0.1, -0.05) is 12.1 Å². The fourth-order valence-electron chi connectivity index (χ4n) is 10.3. The normalized spacial score (nSPS) is 19.0. The van der Waals surface area contributed by atoms with Gasteiger partial charge in [0, 0.05) is 104 Å². The van der Waals surface area contributed by atoms with Gasteiger partial charge in [-0.25, -0.2) is 8.42 Å². The summed E-state index contributed by atoms with van der Waals surface area (Å²) in [5.74, 6) is -1.13. The number of aromatic amines is 1. The summed E-state index contributed by atoms with van der Waals surface area (Å²) in [4.78, 5) is 88.2. The van der Waals surface area contributed by atoms with Gasteiger partial charge in [-0.15, -0.1) is 0 Å². The Balaban J connectivity index is 0.874. The molecule has 5 amide bonds. The van der Waals surface area contributed by atoms with Crippen LogP contribution in [0.5, 0.6) is 0 Å². The first kappa shape index (κ1) is 44.4. The molecule has 2 aromatic heterocycles. The van der Waals surface area contributed by atoms with Crippen LogP contribution in [0.15, 0.2) is 41.3 Å². The van der Waals surface area contributed by atoms with Crippen LogP contribution in [-0.2, 0) is 51.7 Å². The summed E-state index contributed by atoms with van der Waals surface area (Å²) in [5.41, 5.74) is 12.1. The number of sulfone groups is 1. The number of imide groups is 1. The third-order valence-corrected chi connectivity index (χ3v) is 14.6. The average Bonchev–Trinajstić information content (AvgIpc) is 3.95. The molecule has 2 saturated heterocycles. The van der Waals surface area contributed by atoms with Crippen LogP contribution >= 0.6 is 0 Å². The molecule has 17 nitrogen and oxygen atoms in total. The number of nitrogens with two attached hydrogens (primary N) is 1. The summed E-state index contributed by atoms with van der Waals surface area (Å²) in [6, 6.07) is 8.74. The number of pyridine rings is 1. The van der Waals surface area contributed by atoms with E-state index in [-0.39, 0.29) is 71.2 Å². The van der Waals surface area contributed by atoms with Gasteiger partial charge >= 0.3 is 0 Å². The van der Waals surface area contributed by atoms with Crippen molar-refractivity contribution in [2.45, 2.75) is 76.3 Å². The molecule has 1 aliphatic carbocycles. The van der Waals surface area contributed by atoms with Crippen molar-refractivity contribution < 1.29 is 32.4 Å². The number of hydrogen-bond acceptors (Lipinski definition) is 11. The first-order valence-corrected chi connectivity index (χ1v) is 24.8. The molecule has 1 saturated carbocycles. The minimum absolute atomic E-state index is 0.162. The van der Waals surface area contributed by atoms with E-state index in [1.165, 1.54) is 4.57 Å². The lowest BCUT2D eigenvalue weighted by Crippen LogP contribution is -2.52. The summed E-state index contributed by atoms with van der Waals surface area (Å²) in [5, 5.41) is 8.90. The lowest BCUT2D eigenvalue weighted by atomic mass is 9.87. The molecule has 6 N–H and O–H groups in total. The van der Waals surface area contributed by atoms with Gasteiger partial charge in [0.15, 0.2) is 9.84 Å². The molecule has 65 heavy (non-hydrogen) atoms. The Morgan fingerprint density at radius 2 is 1.65 bits per heavy atom. The van der Waals surface area contributed by atoms with Crippen molar-refractivity contribution in [3.63, 3.8) is 0 Å². The number of anilines is 1.